The van der Waals surface area contributed by atoms with E-state index in [9.17, 15) is 14.4 Å². The zero-order chi connectivity index (χ0) is 45.8. The van der Waals surface area contributed by atoms with Crippen molar-refractivity contribution in [2.24, 2.45) is 0 Å². The predicted molar refractivity (Wildman–Crippen MR) is 270 cm³/mol. The van der Waals surface area contributed by atoms with Crippen LogP contribution >= 0.6 is 0 Å². The van der Waals surface area contributed by atoms with Gasteiger partial charge in [0.05, 0.1) is 0 Å². The van der Waals surface area contributed by atoms with E-state index in [0.717, 1.165) is 116 Å². The molecular formula is C57H100O6. The Balaban J connectivity index is 4.40. The third-order valence-electron chi connectivity index (χ3n) is 11.5. The molecule has 0 saturated heterocycles. The monoisotopic (exact) mass is 881 g/mol. The van der Waals surface area contributed by atoms with Crippen molar-refractivity contribution in [1.82, 2.24) is 0 Å². The number of allylic oxidation sites excluding steroid dienone is 10. The molecule has 0 N–H and O–H groups in total. The Morgan fingerprint density at radius 1 is 0.333 bits per heavy atom. The maximum Gasteiger partial charge on any atom is 0.306 e. The summed E-state index contributed by atoms with van der Waals surface area (Å²) in [4.78, 5) is 38.0. The summed E-state index contributed by atoms with van der Waals surface area (Å²) < 4.78 is 16.8. The van der Waals surface area contributed by atoms with Crippen molar-refractivity contribution < 1.29 is 28.6 Å². The Bertz CT molecular complexity index is 1150. The van der Waals surface area contributed by atoms with Gasteiger partial charge in [-0.3, -0.25) is 14.4 Å². The fraction of sp³-hybridized carbons (Fsp3) is 0.772. The normalized spacial score (nSPS) is 12.5. The first-order valence-electron chi connectivity index (χ1n) is 26.8. The Morgan fingerprint density at radius 2 is 0.635 bits per heavy atom. The van der Waals surface area contributed by atoms with Gasteiger partial charge in [-0.2, -0.15) is 0 Å². The number of carbonyl (C=O) groups excluding carboxylic acids is 3. The van der Waals surface area contributed by atoms with Gasteiger partial charge in [0.15, 0.2) is 6.10 Å². The molecule has 0 radical (unpaired) electrons. The zero-order valence-electron chi connectivity index (χ0n) is 41.6. The van der Waals surface area contributed by atoms with Gasteiger partial charge in [0.25, 0.3) is 0 Å². The Labute approximate surface area is 390 Å². The fourth-order valence-electron chi connectivity index (χ4n) is 7.47. The van der Waals surface area contributed by atoms with Crippen LogP contribution < -0.4 is 0 Å². The molecule has 63 heavy (non-hydrogen) atoms. The number of rotatable bonds is 48. The number of unbranched alkanes of at least 4 members (excludes halogenated alkanes) is 27. The molecule has 364 valence electrons. The summed E-state index contributed by atoms with van der Waals surface area (Å²) >= 11 is 0. The maximum absolute atomic E-state index is 12.8. The lowest BCUT2D eigenvalue weighted by molar-refractivity contribution is -0.167. The average Bonchev–Trinajstić information content (AvgIpc) is 3.28. The first-order valence-corrected chi connectivity index (χ1v) is 26.8. The van der Waals surface area contributed by atoms with Crippen molar-refractivity contribution in [3.63, 3.8) is 0 Å². The SMILES string of the molecule is CC/C=C\C/C=C\C/C=C\CCCCCCCC(=O)O[C@H](COC(=O)CCCCCCC/C=C\C/C=C\CCCC)COC(=O)CCCCCCCCCCCCCCCCCC. The highest BCUT2D eigenvalue weighted by Gasteiger charge is 2.19. The van der Waals surface area contributed by atoms with Crippen molar-refractivity contribution in [3.05, 3.63) is 60.8 Å². The van der Waals surface area contributed by atoms with Crippen LogP contribution in [0.15, 0.2) is 60.8 Å². The first kappa shape index (κ1) is 60.1. The van der Waals surface area contributed by atoms with Gasteiger partial charge in [-0.05, 0) is 77.0 Å². The number of ether oxygens (including phenoxy) is 3. The Morgan fingerprint density at radius 3 is 1.02 bits per heavy atom. The molecule has 0 unspecified atom stereocenters. The van der Waals surface area contributed by atoms with E-state index in [1.165, 1.54) is 109 Å². The second-order valence-corrected chi connectivity index (χ2v) is 17.8. The van der Waals surface area contributed by atoms with Crippen molar-refractivity contribution in [2.45, 2.75) is 271 Å². The molecule has 0 amide bonds. The molecular weight excluding hydrogens is 781 g/mol. The van der Waals surface area contributed by atoms with Gasteiger partial charge in [0.2, 0.25) is 0 Å². The van der Waals surface area contributed by atoms with Crippen LogP contribution in [-0.2, 0) is 28.6 Å². The summed E-state index contributed by atoms with van der Waals surface area (Å²) in [6.07, 6.45) is 63.4. The van der Waals surface area contributed by atoms with Gasteiger partial charge in [-0.1, -0.05) is 229 Å². The van der Waals surface area contributed by atoms with E-state index < -0.39 is 6.10 Å². The molecule has 0 aliphatic heterocycles. The number of hydrogen-bond donors (Lipinski definition) is 0. The second-order valence-electron chi connectivity index (χ2n) is 17.8. The van der Waals surface area contributed by atoms with Crippen LogP contribution in [0, 0.1) is 0 Å². The largest absolute Gasteiger partial charge is 0.462 e. The van der Waals surface area contributed by atoms with E-state index in [1.807, 2.05) is 0 Å². The lowest BCUT2D eigenvalue weighted by Crippen LogP contribution is -2.30. The highest BCUT2D eigenvalue weighted by molar-refractivity contribution is 5.71. The molecule has 0 saturated carbocycles. The van der Waals surface area contributed by atoms with E-state index in [4.69, 9.17) is 14.2 Å². The third-order valence-corrected chi connectivity index (χ3v) is 11.5. The number of esters is 3. The summed E-state index contributed by atoms with van der Waals surface area (Å²) in [5.74, 6) is -0.908. The van der Waals surface area contributed by atoms with Crippen LogP contribution in [0.3, 0.4) is 0 Å². The number of carbonyl (C=O) groups is 3. The second kappa shape index (κ2) is 51.7. The molecule has 0 fully saturated rings. The summed E-state index contributed by atoms with van der Waals surface area (Å²) in [6, 6.07) is 0. The van der Waals surface area contributed by atoms with Gasteiger partial charge < -0.3 is 14.2 Å². The Kier molecular flexibility index (Phi) is 49.4. The topological polar surface area (TPSA) is 78.9 Å². The van der Waals surface area contributed by atoms with Crippen LogP contribution in [0.1, 0.15) is 265 Å². The van der Waals surface area contributed by atoms with Crippen molar-refractivity contribution in [3.8, 4) is 0 Å². The zero-order valence-corrected chi connectivity index (χ0v) is 41.6. The van der Waals surface area contributed by atoms with E-state index in [0.29, 0.717) is 19.3 Å². The van der Waals surface area contributed by atoms with Crippen molar-refractivity contribution in [2.75, 3.05) is 13.2 Å². The molecule has 0 aliphatic carbocycles. The van der Waals surface area contributed by atoms with Gasteiger partial charge in [-0.15, -0.1) is 0 Å². The maximum atomic E-state index is 12.8. The molecule has 0 spiro atoms. The molecule has 0 aromatic carbocycles. The third kappa shape index (κ3) is 50.0. The molecule has 0 aliphatic rings. The number of hydrogen-bond acceptors (Lipinski definition) is 6. The highest BCUT2D eigenvalue weighted by atomic mass is 16.6. The first-order chi connectivity index (χ1) is 31.0. The van der Waals surface area contributed by atoms with Crippen molar-refractivity contribution in [1.29, 1.82) is 0 Å². The van der Waals surface area contributed by atoms with Gasteiger partial charge in [0.1, 0.15) is 13.2 Å². The summed E-state index contributed by atoms with van der Waals surface area (Å²) in [5, 5.41) is 0. The minimum atomic E-state index is -0.787. The molecule has 0 heterocycles. The smallest absolute Gasteiger partial charge is 0.306 e. The van der Waals surface area contributed by atoms with E-state index >= 15 is 0 Å². The van der Waals surface area contributed by atoms with Crippen molar-refractivity contribution >= 4 is 17.9 Å². The predicted octanol–water partition coefficient (Wildman–Crippen LogP) is 17.6. The van der Waals surface area contributed by atoms with Crippen LogP contribution in [0.2, 0.25) is 0 Å². The van der Waals surface area contributed by atoms with Gasteiger partial charge in [-0.25, -0.2) is 0 Å². The van der Waals surface area contributed by atoms with Crippen LogP contribution in [0.25, 0.3) is 0 Å². The van der Waals surface area contributed by atoms with Crippen LogP contribution in [-0.4, -0.2) is 37.2 Å². The molecule has 6 nitrogen and oxygen atoms in total. The summed E-state index contributed by atoms with van der Waals surface area (Å²) in [7, 11) is 0. The fourth-order valence-corrected chi connectivity index (χ4v) is 7.47. The minimum absolute atomic E-state index is 0.0838. The molecule has 0 aromatic rings. The van der Waals surface area contributed by atoms with Crippen LogP contribution in [0.4, 0.5) is 0 Å². The summed E-state index contributed by atoms with van der Waals surface area (Å²) in [6.45, 7) is 6.48. The van der Waals surface area contributed by atoms with Gasteiger partial charge in [0, 0.05) is 19.3 Å². The van der Waals surface area contributed by atoms with E-state index in [1.54, 1.807) is 0 Å². The quantitative estimate of drug-likeness (QED) is 0.0262. The average molecular weight is 881 g/mol. The van der Waals surface area contributed by atoms with Crippen LogP contribution in [0.5, 0.6) is 0 Å². The summed E-state index contributed by atoms with van der Waals surface area (Å²) in [5.41, 5.74) is 0. The molecule has 0 rings (SSSR count). The lowest BCUT2D eigenvalue weighted by atomic mass is 10.0. The molecule has 0 aromatic heterocycles. The molecule has 6 heteroatoms. The minimum Gasteiger partial charge on any atom is -0.462 e. The lowest BCUT2D eigenvalue weighted by Gasteiger charge is -2.18. The standard InChI is InChI=1S/C57H100O6/c1-4-7-10-13-16-19-22-25-28-30-32-35-38-41-44-47-50-56(59)62-53-54(52-61-55(58)49-46-43-40-37-34-31-27-24-21-18-15-12-9-6-3)63-57(60)51-48-45-42-39-36-33-29-26-23-20-17-14-11-8-5-2/h8,11,15,17-18,20,24,26-27,29,54H,4-7,9-10,12-14,16,19,21-23,25,28,30-53H2,1-3H3/b11-8-,18-15-,20-17-,27-24-,29-26-/t54-/m1/s1. The Hall–Kier alpha value is -2.89. The molecule has 1 atom stereocenters. The van der Waals surface area contributed by atoms with Gasteiger partial charge >= 0.3 is 17.9 Å². The van der Waals surface area contributed by atoms with E-state index in [2.05, 4.69) is 81.5 Å². The molecule has 0 bridgehead atoms. The highest BCUT2D eigenvalue weighted by Crippen LogP contribution is 2.15. The van der Waals surface area contributed by atoms with E-state index in [-0.39, 0.29) is 31.1 Å².